The fraction of sp³-hybridized carbons (Fsp3) is 0.519. The van der Waals surface area contributed by atoms with Crippen molar-refractivity contribution in [2.45, 2.75) is 58.5 Å². The summed E-state index contributed by atoms with van der Waals surface area (Å²) in [6, 6.07) is 13.1. The number of hydrogen-bond acceptors (Lipinski definition) is 4. The average molecular weight is 475 g/mol. The van der Waals surface area contributed by atoms with Crippen molar-refractivity contribution < 1.29 is 22.6 Å². The summed E-state index contributed by atoms with van der Waals surface area (Å²) in [4.78, 5) is 2.35. The van der Waals surface area contributed by atoms with E-state index in [2.05, 4.69) is 30.9 Å². The standard InChI is InChI=1S/C27H33F3N2O2/c1-3-4-12-32-13-11-22-16-21(17-23(18-31)26(22)32)15-20(2)8-7-14-33-24-9-5-6-10-25(24)34-19-27(28,29)30/h5-6,9-10,16-17,20H,3-4,7-8,11-15,19H2,1-2H3/t20-/m0/s1. The molecule has 4 nitrogen and oxygen atoms in total. The Morgan fingerprint density at radius 1 is 1.12 bits per heavy atom. The van der Waals surface area contributed by atoms with E-state index in [-0.39, 0.29) is 5.75 Å². The van der Waals surface area contributed by atoms with Crippen molar-refractivity contribution in [3.8, 4) is 17.6 Å². The van der Waals surface area contributed by atoms with Crippen LogP contribution in [0.5, 0.6) is 11.5 Å². The van der Waals surface area contributed by atoms with Gasteiger partial charge < -0.3 is 14.4 Å². The van der Waals surface area contributed by atoms with E-state index in [0.29, 0.717) is 18.3 Å². The van der Waals surface area contributed by atoms with Crippen molar-refractivity contribution in [1.82, 2.24) is 0 Å². The molecular formula is C27H33F3N2O2. The molecule has 1 heterocycles. The Bertz CT molecular complexity index is 985. The third-order valence-corrected chi connectivity index (χ3v) is 6.04. The van der Waals surface area contributed by atoms with E-state index in [4.69, 9.17) is 9.47 Å². The first kappa shape index (κ1) is 25.7. The first-order valence-electron chi connectivity index (χ1n) is 12.0. The van der Waals surface area contributed by atoms with E-state index in [1.165, 1.54) is 17.2 Å². The third-order valence-electron chi connectivity index (χ3n) is 6.04. The molecule has 0 saturated carbocycles. The number of nitriles is 1. The van der Waals surface area contributed by atoms with Gasteiger partial charge >= 0.3 is 6.18 Å². The smallest absolute Gasteiger partial charge is 0.422 e. The van der Waals surface area contributed by atoms with Crippen molar-refractivity contribution in [3.63, 3.8) is 0 Å². The van der Waals surface area contributed by atoms with E-state index < -0.39 is 12.8 Å². The minimum atomic E-state index is -4.39. The fourth-order valence-corrected chi connectivity index (χ4v) is 4.43. The van der Waals surface area contributed by atoms with Crippen LogP contribution in [0.25, 0.3) is 0 Å². The van der Waals surface area contributed by atoms with Crippen LogP contribution in [0.2, 0.25) is 0 Å². The lowest BCUT2D eigenvalue weighted by Crippen LogP contribution is -2.22. The number of ether oxygens (including phenoxy) is 2. The number of benzene rings is 2. The van der Waals surface area contributed by atoms with E-state index in [9.17, 15) is 18.4 Å². The second-order valence-electron chi connectivity index (χ2n) is 9.00. The summed E-state index contributed by atoms with van der Waals surface area (Å²) >= 11 is 0. The lowest BCUT2D eigenvalue weighted by Gasteiger charge is -2.21. The molecule has 1 aliphatic heterocycles. The van der Waals surface area contributed by atoms with Gasteiger partial charge in [-0.25, -0.2) is 0 Å². The molecule has 0 amide bonds. The second-order valence-corrected chi connectivity index (χ2v) is 9.00. The van der Waals surface area contributed by atoms with Crippen LogP contribution in [0, 0.1) is 17.2 Å². The summed E-state index contributed by atoms with van der Waals surface area (Å²) in [7, 11) is 0. The number of para-hydroxylation sites is 2. The van der Waals surface area contributed by atoms with E-state index in [0.717, 1.165) is 62.9 Å². The minimum Gasteiger partial charge on any atom is -0.490 e. The number of anilines is 1. The molecule has 184 valence electrons. The summed E-state index contributed by atoms with van der Waals surface area (Å²) in [5.74, 6) is 0.815. The molecule has 2 aromatic carbocycles. The van der Waals surface area contributed by atoms with Crippen molar-refractivity contribution in [3.05, 3.63) is 53.1 Å². The van der Waals surface area contributed by atoms with Crippen molar-refractivity contribution >= 4 is 5.69 Å². The largest absolute Gasteiger partial charge is 0.490 e. The highest BCUT2D eigenvalue weighted by atomic mass is 19.4. The van der Waals surface area contributed by atoms with Crippen LogP contribution in [-0.4, -0.2) is 32.5 Å². The fourth-order valence-electron chi connectivity index (χ4n) is 4.43. The Morgan fingerprint density at radius 3 is 2.53 bits per heavy atom. The molecule has 0 spiro atoms. The summed E-state index contributed by atoms with van der Waals surface area (Å²) in [5.41, 5.74) is 4.35. The highest BCUT2D eigenvalue weighted by Crippen LogP contribution is 2.34. The first-order chi connectivity index (χ1) is 16.3. The van der Waals surface area contributed by atoms with Crippen LogP contribution in [0.4, 0.5) is 18.9 Å². The Hall–Kier alpha value is -2.88. The highest BCUT2D eigenvalue weighted by molar-refractivity contribution is 5.68. The third kappa shape index (κ3) is 7.31. The molecule has 1 atom stereocenters. The van der Waals surface area contributed by atoms with Gasteiger partial charge in [0, 0.05) is 13.1 Å². The molecule has 0 aromatic heterocycles. The summed E-state index contributed by atoms with van der Waals surface area (Å²) in [5, 5.41) is 9.72. The Balaban J connectivity index is 1.50. The van der Waals surface area contributed by atoms with Crippen molar-refractivity contribution in [2.75, 3.05) is 31.2 Å². The maximum absolute atomic E-state index is 12.5. The number of alkyl halides is 3. The van der Waals surface area contributed by atoms with Gasteiger partial charge in [-0.2, -0.15) is 18.4 Å². The van der Waals surface area contributed by atoms with Gasteiger partial charge in [0.2, 0.25) is 0 Å². The molecule has 0 bridgehead atoms. The molecule has 7 heteroatoms. The van der Waals surface area contributed by atoms with E-state index in [1.54, 1.807) is 18.2 Å². The number of unbranched alkanes of at least 4 members (excludes halogenated alkanes) is 1. The number of nitrogens with zero attached hydrogens (tertiary/aromatic N) is 2. The maximum Gasteiger partial charge on any atom is 0.422 e. The molecular weight excluding hydrogens is 441 g/mol. The van der Waals surface area contributed by atoms with Gasteiger partial charge in [-0.1, -0.05) is 38.5 Å². The number of halogens is 3. The molecule has 34 heavy (non-hydrogen) atoms. The maximum atomic E-state index is 12.5. The molecule has 0 N–H and O–H groups in total. The van der Waals surface area contributed by atoms with Crippen LogP contribution in [0.1, 0.15) is 56.2 Å². The van der Waals surface area contributed by atoms with E-state index >= 15 is 0 Å². The quantitative estimate of drug-likeness (QED) is 0.321. The van der Waals surface area contributed by atoms with Gasteiger partial charge in [-0.3, -0.25) is 0 Å². The van der Waals surface area contributed by atoms with Crippen LogP contribution in [-0.2, 0) is 12.8 Å². The predicted molar refractivity (Wildman–Crippen MR) is 128 cm³/mol. The summed E-state index contributed by atoms with van der Waals surface area (Å²) < 4.78 is 47.9. The zero-order valence-corrected chi connectivity index (χ0v) is 20.0. The minimum absolute atomic E-state index is 0.100. The zero-order chi connectivity index (χ0) is 24.6. The number of hydrogen-bond donors (Lipinski definition) is 0. The summed E-state index contributed by atoms with van der Waals surface area (Å²) in [6.07, 6.45) is 1.42. The lowest BCUT2D eigenvalue weighted by atomic mass is 9.93. The Kier molecular flexibility index (Phi) is 9.09. The lowest BCUT2D eigenvalue weighted by molar-refractivity contribution is -0.153. The first-order valence-corrected chi connectivity index (χ1v) is 12.0. The van der Waals surface area contributed by atoms with Gasteiger partial charge in [0.1, 0.15) is 6.07 Å². The Morgan fingerprint density at radius 2 is 1.85 bits per heavy atom. The zero-order valence-electron chi connectivity index (χ0n) is 20.0. The molecule has 2 aromatic rings. The second kappa shape index (κ2) is 12.0. The molecule has 0 unspecified atom stereocenters. The highest BCUT2D eigenvalue weighted by Gasteiger charge is 2.29. The topological polar surface area (TPSA) is 45.5 Å². The molecule has 0 radical (unpaired) electrons. The van der Waals surface area contributed by atoms with Crippen LogP contribution < -0.4 is 14.4 Å². The molecule has 0 aliphatic carbocycles. The molecule has 0 saturated heterocycles. The van der Waals surface area contributed by atoms with Gasteiger partial charge in [0.05, 0.1) is 17.9 Å². The van der Waals surface area contributed by atoms with Crippen molar-refractivity contribution in [1.29, 1.82) is 5.26 Å². The van der Waals surface area contributed by atoms with Gasteiger partial charge in [-0.15, -0.1) is 0 Å². The molecule has 3 rings (SSSR count). The predicted octanol–water partition coefficient (Wildman–Crippen LogP) is 6.70. The van der Waals surface area contributed by atoms with Crippen LogP contribution in [0.15, 0.2) is 36.4 Å². The van der Waals surface area contributed by atoms with Gasteiger partial charge in [0.25, 0.3) is 0 Å². The monoisotopic (exact) mass is 474 g/mol. The molecule has 1 aliphatic rings. The average Bonchev–Trinajstić information content (AvgIpc) is 3.21. The Labute approximate surface area is 200 Å². The van der Waals surface area contributed by atoms with Gasteiger partial charge in [0.15, 0.2) is 18.1 Å². The number of rotatable bonds is 12. The molecule has 0 fully saturated rings. The van der Waals surface area contributed by atoms with Gasteiger partial charge in [-0.05, 0) is 67.3 Å². The van der Waals surface area contributed by atoms with Crippen molar-refractivity contribution in [2.24, 2.45) is 5.92 Å². The van der Waals surface area contributed by atoms with Crippen LogP contribution >= 0.6 is 0 Å². The van der Waals surface area contributed by atoms with Crippen LogP contribution in [0.3, 0.4) is 0 Å². The van der Waals surface area contributed by atoms with E-state index in [1.807, 2.05) is 6.07 Å². The normalized spacial score (nSPS) is 13.9. The summed E-state index contributed by atoms with van der Waals surface area (Å²) in [6.45, 7) is 5.39. The number of fused-ring (bicyclic) bond motifs is 1. The SMILES string of the molecule is CCCCN1CCc2cc(C[C@@H](C)CCCOc3ccccc3OCC(F)(F)F)cc(C#N)c21.